The van der Waals surface area contributed by atoms with Crippen molar-refractivity contribution >= 4 is 45.7 Å². The highest BCUT2D eigenvalue weighted by atomic mass is 79.9. The Balaban J connectivity index is 2.03. The molecule has 2 heterocycles. The number of alkyl halides is 1. The number of fused-ring (bicyclic) bond motifs is 1. The fourth-order valence-electron chi connectivity index (χ4n) is 3.62. The van der Waals surface area contributed by atoms with Crippen molar-refractivity contribution in [2.75, 3.05) is 13.2 Å². The Morgan fingerprint density at radius 2 is 1.65 bits per heavy atom. The third kappa shape index (κ3) is 4.33. The van der Waals surface area contributed by atoms with Crippen LogP contribution in [0.2, 0.25) is 0 Å². The Hall–Kier alpha value is -2.79. The largest absolute Gasteiger partial charge is 0.463 e. The molecule has 0 unspecified atom stereocenters. The molecule has 0 N–H and O–H groups in total. The first-order valence-electron chi connectivity index (χ1n) is 9.33. The van der Waals surface area contributed by atoms with Gasteiger partial charge in [-0.25, -0.2) is 0 Å². The zero-order chi connectivity index (χ0) is 22.9. The van der Waals surface area contributed by atoms with Gasteiger partial charge in [-0.15, -0.1) is 0 Å². The molecule has 0 aliphatic carbocycles. The van der Waals surface area contributed by atoms with Gasteiger partial charge in [-0.05, 0) is 28.1 Å². The molecule has 1 fully saturated rings. The summed E-state index contributed by atoms with van der Waals surface area (Å²) in [6, 6.07) is 5.08. The molecule has 0 spiro atoms. The summed E-state index contributed by atoms with van der Waals surface area (Å²) in [6.07, 6.45) is -2.37. The fraction of sp³-hybridized carbons (Fsp3) is 0.450. The highest BCUT2D eigenvalue weighted by Crippen LogP contribution is 2.42. The van der Waals surface area contributed by atoms with Crippen molar-refractivity contribution in [2.45, 2.75) is 43.5 Å². The smallest absolute Gasteiger partial charge is 0.304 e. The van der Waals surface area contributed by atoms with E-state index in [-0.39, 0.29) is 24.3 Å². The number of hydrogen-bond donors (Lipinski definition) is 0. The zero-order valence-electron chi connectivity index (χ0n) is 17.0. The maximum atomic E-state index is 13.0. The van der Waals surface area contributed by atoms with Crippen LogP contribution in [0.5, 0.6) is 0 Å². The van der Waals surface area contributed by atoms with Gasteiger partial charge in [-0.3, -0.25) is 28.9 Å². The standard InChI is InChI=1S/C20H20BrNO9/c1-10(23)28-8-15-17(30-11(2)24)20(21,31-12(3)25)16(9-29-15)22-18(26)13-6-4-5-7-14(13)19(22)27/h4-7,15-17H,8-9H2,1-3H3/t15-,16+,17-,20-/m1/s1. The van der Waals surface area contributed by atoms with Crippen LogP contribution in [0.4, 0.5) is 0 Å². The van der Waals surface area contributed by atoms with Gasteiger partial charge < -0.3 is 18.9 Å². The lowest BCUT2D eigenvalue weighted by atomic mass is 9.96. The third-order valence-electron chi connectivity index (χ3n) is 4.83. The Kier molecular flexibility index (Phi) is 6.46. The summed E-state index contributed by atoms with van der Waals surface area (Å²) >= 11 is 3.33. The molecule has 31 heavy (non-hydrogen) atoms. The Labute approximate surface area is 185 Å². The van der Waals surface area contributed by atoms with E-state index in [4.69, 9.17) is 18.9 Å². The predicted molar refractivity (Wildman–Crippen MR) is 106 cm³/mol. The molecule has 166 valence electrons. The number of amides is 2. The molecule has 0 aromatic heterocycles. The molecule has 1 saturated heterocycles. The number of nitrogens with zero attached hydrogens (tertiary/aromatic N) is 1. The fourth-order valence-corrected chi connectivity index (χ4v) is 4.57. The SMILES string of the molecule is CC(=O)OC[C@H]1OC[C@H](N2C(=O)c3ccccc3C2=O)[C@@](Br)(OC(C)=O)[C@@H]1OC(C)=O. The van der Waals surface area contributed by atoms with Gasteiger partial charge in [0.15, 0.2) is 6.10 Å². The lowest BCUT2D eigenvalue weighted by Gasteiger charge is -2.48. The molecule has 0 radical (unpaired) electrons. The summed E-state index contributed by atoms with van der Waals surface area (Å²) < 4.78 is 19.7. The number of imide groups is 1. The monoisotopic (exact) mass is 497 g/mol. The van der Waals surface area contributed by atoms with Crippen LogP contribution in [0.15, 0.2) is 24.3 Å². The number of ether oxygens (including phenoxy) is 4. The van der Waals surface area contributed by atoms with E-state index in [9.17, 15) is 24.0 Å². The minimum Gasteiger partial charge on any atom is -0.463 e. The summed E-state index contributed by atoms with van der Waals surface area (Å²) in [5.41, 5.74) is 0.382. The molecular formula is C20H20BrNO9. The van der Waals surface area contributed by atoms with Crippen LogP contribution in [0.25, 0.3) is 0 Å². The maximum Gasteiger partial charge on any atom is 0.304 e. The first-order valence-corrected chi connectivity index (χ1v) is 10.1. The van der Waals surface area contributed by atoms with Gasteiger partial charge >= 0.3 is 17.9 Å². The van der Waals surface area contributed by atoms with E-state index >= 15 is 0 Å². The third-order valence-corrected chi connectivity index (χ3v) is 5.97. The van der Waals surface area contributed by atoms with Crippen molar-refractivity contribution in [2.24, 2.45) is 0 Å². The summed E-state index contributed by atoms with van der Waals surface area (Å²) in [5, 5.41) is 0. The summed E-state index contributed by atoms with van der Waals surface area (Å²) in [6.45, 7) is 2.88. The van der Waals surface area contributed by atoms with Gasteiger partial charge in [0.1, 0.15) is 18.8 Å². The minimum atomic E-state index is -1.85. The van der Waals surface area contributed by atoms with Gasteiger partial charge in [0.2, 0.25) is 4.51 Å². The van der Waals surface area contributed by atoms with Gasteiger partial charge in [0.05, 0.1) is 17.7 Å². The number of rotatable bonds is 5. The van der Waals surface area contributed by atoms with Crippen LogP contribution in [-0.2, 0) is 33.3 Å². The zero-order valence-corrected chi connectivity index (χ0v) is 18.5. The van der Waals surface area contributed by atoms with Crippen LogP contribution in [0.3, 0.4) is 0 Å². The average molecular weight is 498 g/mol. The quantitative estimate of drug-likeness (QED) is 0.255. The molecule has 10 nitrogen and oxygen atoms in total. The minimum absolute atomic E-state index is 0.191. The van der Waals surface area contributed by atoms with Crippen LogP contribution < -0.4 is 0 Å². The maximum absolute atomic E-state index is 13.0. The van der Waals surface area contributed by atoms with E-state index in [0.29, 0.717) is 0 Å². The van der Waals surface area contributed by atoms with E-state index < -0.39 is 52.5 Å². The van der Waals surface area contributed by atoms with Crippen LogP contribution >= 0.6 is 15.9 Å². The molecule has 0 bridgehead atoms. The number of carbonyl (C=O) groups excluding carboxylic acids is 5. The summed E-state index contributed by atoms with van der Waals surface area (Å²) in [5.74, 6) is -3.31. The lowest BCUT2D eigenvalue weighted by molar-refractivity contribution is -0.219. The Bertz CT molecular complexity index is 913. The first-order chi connectivity index (χ1) is 14.6. The number of benzene rings is 1. The molecule has 0 saturated carbocycles. The molecule has 2 aliphatic rings. The Morgan fingerprint density at radius 1 is 1.06 bits per heavy atom. The highest BCUT2D eigenvalue weighted by molar-refractivity contribution is 9.10. The molecule has 4 atom stereocenters. The Morgan fingerprint density at radius 3 is 2.13 bits per heavy atom. The normalized spacial score (nSPS) is 27.5. The predicted octanol–water partition coefficient (Wildman–Crippen LogP) is 1.20. The van der Waals surface area contributed by atoms with Crippen LogP contribution in [0, 0.1) is 0 Å². The first kappa shape index (κ1) is 22.9. The second kappa shape index (κ2) is 8.75. The van der Waals surface area contributed by atoms with Gasteiger partial charge in [0, 0.05) is 20.8 Å². The second-order valence-electron chi connectivity index (χ2n) is 7.04. The van der Waals surface area contributed by atoms with Gasteiger partial charge in [-0.2, -0.15) is 0 Å². The number of hydrogen-bond acceptors (Lipinski definition) is 9. The molecule has 2 aliphatic heterocycles. The van der Waals surface area contributed by atoms with Crippen molar-refractivity contribution in [3.63, 3.8) is 0 Å². The molecule has 3 rings (SSSR count). The van der Waals surface area contributed by atoms with Gasteiger partial charge in [0.25, 0.3) is 11.8 Å². The van der Waals surface area contributed by atoms with Crippen molar-refractivity contribution in [3.8, 4) is 0 Å². The highest BCUT2D eigenvalue weighted by Gasteiger charge is 2.61. The van der Waals surface area contributed by atoms with Crippen molar-refractivity contribution in [1.82, 2.24) is 4.90 Å². The van der Waals surface area contributed by atoms with E-state index in [2.05, 4.69) is 15.9 Å². The van der Waals surface area contributed by atoms with Crippen molar-refractivity contribution in [1.29, 1.82) is 0 Å². The topological polar surface area (TPSA) is 126 Å². The van der Waals surface area contributed by atoms with Crippen molar-refractivity contribution < 1.29 is 42.9 Å². The number of halogens is 1. The molecular weight excluding hydrogens is 478 g/mol. The van der Waals surface area contributed by atoms with Crippen molar-refractivity contribution in [3.05, 3.63) is 35.4 Å². The molecule has 1 aromatic carbocycles. The molecule has 1 aromatic rings. The summed E-state index contributed by atoms with van der Waals surface area (Å²) in [4.78, 5) is 62.0. The average Bonchev–Trinajstić information content (AvgIpc) is 2.92. The number of carbonyl (C=O) groups is 5. The van der Waals surface area contributed by atoms with Crippen LogP contribution in [0.1, 0.15) is 41.5 Å². The molecule has 2 amide bonds. The van der Waals surface area contributed by atoms with E-state index in [1.54, 1.807) is 12.1 Å². The van der Waals surface area contributed by atoms with Gasteiger partial charge in [-0.1, -0.05) is 12.1 Å². The van der Waals surface area contributed by atoms with Crippen LogP contribution in [-0.4, -0.2) is 70.6 Å². The molecule has 11 heteroatoms. The summed E-state index contributed by atoms with van der Waals surface area (Å²) in [7, 11) is 0. The number of esters is 3. The van der Waals surface area contributed by atoms with E-state index in [0.717, 1.165) is 18.7 Å². The second-order valence-corrected chi connectivity index (χ2v) is 8.28. The lowest BCUT2D eigenvalue weighted by Crippen LogP contribution is -2.68. The van der Waals surface area contributed by atoms with E-state index in [1.807, 2.05) is 0 Å². The van der Waals surface area contributed by atoms with E-state index in [1.165, 1.54) is 19.1 Å².